The van der Waals surface area contributed by atoms with Gasteiger partial charge in [0.1, 0.15) is 14.3 Å². The molecule has 0 atom stereocenters. The molecule has 1 aromatic rings. The largest absolute Gasteiger partial charge is 0.397 e. The summed E-state index contributed by atoms with van der Waals surface area (Å²) in [5.74, 6) is 0. The van der Waals surface area contributed by atoms with E-state index in [0.717, 1.165) is 6.07 Å². The van der Waals surface area contributed by atoms with Crippen LogP contribution in [-0.4, -0.2) is 13.4 Å². The van der Waals surface area contributed by atoms with Crippen molar-refractivity contribution in [3.63, 3.8) is 0 Å². The molecule has 0 aliphatic heterocycles. The van der Waals surface area contributed by atoms with E-state index < -0.39 is 27.8 Å². The lowest BCUT2D eigenvalue weighted by atomic mass is 10.3. The zero-order chi connectivity index (χ0) is 11.8. The Hall–Kier alpha value is -0.550. The molecule has 0 saturated heterocycles. The van der Waals surface area contributed by atoms with E-state index in [4.69, 9.17) is 10.9 Å². The molecule has 5 nitrogen and oxygen atoms in total. The smallest absolute Gasteiger partial charge is 0.282 e. The van der Waals surface area contributed by atoms with Gasteiger partial charge in [0.15, 0.2) is 0 Å². The van der Waals surface area contributed by atoms with Crippen LogP contribution in [0.3, 0.4) is 0 Å². The Morgan fingerprint density at radius 3 is 2.40 bits per heavy atom. The standard InChI is InChI=1S/C6H6F2IN3O2S/c7-5(8)4-2(10)1-3(6(9)12-4)15(11,13)14/h1,5H,10H2,(H2,11,13,14). The van der Waals surface area contributed by atoms with Crippen molar-refractivity contribution in [3.05, 3.63) is 15.5 Å². The summed E-state index contributed by atoms with van der Waals surface area (Å²) in [5.41, 5.74) is 4.18. The number of anilines is 1. The van der Waals surface area contributed by atoms with Crippen LogP contribution in [0, 0.1) is 3.70 Å². The monoisotopic (exact) mass is 349 g/mol. The molecule has 0 spiro atoms. The highest BCUT2D eigenvalue weighted by molar-refractivity contribution is 14.1. The van der Waals surface area contributed by atoms with E-state index in [2.05, 4.69) is 4.98 Å². The number of aromatic nitrogens is 1. The number of hydrogen-bond acceptors (Lipinski definition) is 4. The van der Waals surface area contributed by atoms with E-state index >= 15 is 0 Å². The summed E-state index contributed by atoms with van der Waals surface area (Å²) in [6, 6.07) is 0.881. The number of hydrogen-bond donors (Lipinski definition) is 2. The van der Waals surface area contributed by atoms with Crippen molar-refractivity contribution in [1.82, 2.24) is 4.98 Å². The topological polar surface area (TPSA) is 99.1 Å². The highest BCUT2D eigenvalue weighted by Crippen LogP contribution is 2.27. The Kier molecular flexibility index (Phi) is 3.45. The van der Waals surface area contributed by atoms with Gasteiger partial charge in [0.25, 0.3) is 6.43 Å². The quantitative estimate of drug-likeness (QED) is 0.611. The first-order chi connectivity index (χ1) is 6.73. The predicted molar refractivity (Wildman–Crippen MR) is 57.7 cm³/mol. The van der Waals surface area contributed by atoms with Gasteiger partial charge in [-0.1, -0.05) is 0 Å². The number of sulfonamides is 1. The molecule has 0 unspecified atom stereocenters. The van der Waals surface area contributed by atoms with Gasteiger partial charge in [0, 0.05) is 0 Å². The van der Waals surface area contributed by atoms with E-state index in [-0.39, 0.29) is 8.60 Å². The summed E-state index contributed by atoms with van der Waals surface area (Å²) in [4.78, 5) is 3.03. The maximum atomic E-state index is 12.3. The summed E-state index contributed by atoms with van der Waals surface area (Å²) in [5, 5.41) is 4.84. The van der Waals surface area contributed by atoms with Crippen molar-refractivity contribution in [2.75, 3.05) is 5.73 Å². The van der Waals surface area contributed by atoms with Gasteiger partial charge in [-0.05, 0) is 28.7 Å². The molecule has 0 saturated carbocycles. The highest BCUT2D eigenvalue weighted by Gasteiger charge is 2.20. The molecule has 1 rings (SSSR count). The number of nitrogens with zero attached hydrogens (tertiary/aromatic N) is 1. The second kappa shape index (κ2) is 4.14. The third-order valence-electron chi connectivity index (χ3n) is 1.52. The number of alkyl halides is 2. The molecule has 0 bridgehead atoms. The Morgan fingerprint density at radius 1 is 1.47 bits per heavy atom. The van der Waals surface area contributed by atoms with Gasteiger partial charge < -0.3 is 5.73 Å². The summed E-state index contributed by atoms with van der Waals surface area (Å²) in [6.45, 7) is 0. The Morgan fingerprint density at radius 2 is 2.00 bits per heavy atom. The number of nitrogen functional groups attached to an aromatic ring is 1. The minimum Gasteiger partial charge on any atom is -0.397 e. The Labute approximate surface area is 98.0 Å². The van der Waals surface area contributed by atoms with Gasteiger partial charge in [0.2, 0.25) is 10.0 Å². The molecular weight excluding hydrogens is 343 g/mol. The number of pyridine rings is 1. The molecule has 0 fully saturated rings. The first-order valence-electron chi connectivity index (χ1n) is 3.50. The maximum absolute atomic E-state index is 12.3. The third kappa shape index (κ3) is 2.72. The van der Waals surface area contributed by atoms with E-state index in [1.807, 2.05) is 0 Å². The zero-order valence-electron chi connectivity index (χ0n) is 7.12. The van der Waals surface area contributed by atoms with E-state index in [1.54, 1.807) is 0 Å². The van der Waals surface area contributed by atoms with Crippen LogP contribution in [0.1, 0.15) is 12.1 Å². The predicted octanol–water partition coefficient (Wildman–Crippen LogP) is 0.853. The first kappa shape index (κ1) is 12.5. The number of rotatable bonds is 2. The van der Waals surface area contributed by atoms with Crippen LogP contribution in [-0.2, 0) is 10.0 Å². The van der Waals surface area contributed by atoms with Crippen LogP contribution >= 0.6 is 22.6 Å². The lowest BCUT2D eigenvalue weighted by molar-refractivity contribution is 0.146. The third-order valence-corrected chi connectivity index (χ3v) is 3.63. The molecule has 4 N–H and O–H groups in total. The number of nitrogens with two attached hydrogens (primary N) is 2. The van der Waals surface area contributed by atoms with Crippen molar-refractivity contribution < 1.29 is 17.2 Å². The van der Waals surface area contributed by atoms with Gasteiger partial charge in [-0.2, -0.15) is 0 Å². The highest BCUT2D eigenvalue weighted by atomic mass is 127. The zero-order valence-corrected chi connectivity index (χ0v) is 10.1. The lowest BCUT2D eigenvalue weighted by Crippen LogP contribution is -2.16. The molecule has 1 aromatic heterocycles. The SMILES string of the molecule is Nc1cc(S(N)(=O)=O)c(I)nc1C(F)F. The van der Waals surface area contributed by atoms with Crippen molar-refractivity contribution in [2.45, 2.75) is 11.3 Å². The van der Waals surface area contributed by atoms with Gasteiger partial charge in [0.05, 0.1) is 5.69 Å². The van der Waals surface area contributed by atoms with Crippen molar-refractivity contribution in [3.8, 4) is 0 Å². The summed E-state index contributed by atoms with van der Waals surface area (Å²) in [6.07, 6.45) is -2.85. The van der Waals surface area contributed by atoms with Crippen LogP contribution in [0.2, 0.25) is 0 Å². The average molecular weight is 349 g/mol. The molecule has 15 heavy (non-hydrogen) atoms. The van der Waals surface area contributed by atoms with Crippen LogP contribution in [0.5, 0.6) is 0 Å². The van der Waals surface area contributed by atoms with Crippen LogP contribution in [0.4, 0.5) is 14.5 Å². The minimum absolute atomic E-state index is 0.125. The summed E-state index contributed by atoms with van der Waals surface area (Å²) in [7, 11) is -3.99. The van der Waals surface area contributed by atoms with Gasteiger partial charge in [-0.3, -0.25) is 0 Å². The fourth-order valence-electron chi connectivity index (χ4n) is 0.874. The summed E-state index contributed by atoms with van der Waals surface area (Å²) < 4.78 is 46.4. The molecule has 0 aliphatic carbocycles. The lowest BCUT2D eigenvalue weighted by Gasteiger charge is -2.07. The number of primary sulfonamides is 1. The molecule has 0 aromatic carbocycles. The van der Waals surface area contributed by atoms with Gasteiger partial charge in [-0.25, -0.2) is 27.3 Å². The Bertz CT molecular complexity index is 491. The molecule has 9 heteroatoms. The van der Waals surface area contributed by atoms with Crippen molar-refractivity contribution in [1.29, 1.82) is 0 Å². The average Bonchev–Trinajstić information content (AvgIpc) is 2.06. The molecule has 0 aliphatic rings. The normalized spacial score (nSPS) is 12.1. The van der Waals surface area contributed by atoms with E-state index in [9.17, 15) is 17.2 Å². The first-order valence-corrected chi connectivity index (χ1v) is 6.13. The van der Waals surface area contributed by atoms with Crippen LogP contribution in [0.15, 0.2) is 11.0 Å². The second-order valence-electron chi connectivity index (χ2n) is 2.60. The van der Waals surface area contributed by atoms with Crippen molar-refractivity contribution >= 4 is 38.3 Å². The molecule has 0 radical (unpaired) electrons. The molecular formula is C6H6F2IN3O2S. The fraction of sp³-hybridized carbons (Fsp3) is 0.167. The Balaban J connectivity index is 3.46. The second-order valence-corrected chi connectivity index (χ2v) is 5.15. The molecule has 1 heterocycles. The maximum Gasteiger partial charge on any atom is 0.282 e. The molecule has 0 amide bonds. The van der Waals surface area contributed by atoms with Crippen molar-refractivity contribution in [2.24, 2.45) is 5.14 Å². The van der Waals surface area contributed by atoms with Gasteiger partial charge in [-0.15, -0.1) is 0 Å². The fourth-order valence-corrected chi connectivity index (χ4v) is 2.78. The van der Waals surface area contributed by atoms with Crippen LogP contribution in [0.25, 0.3) is 0 Å². The van der Waals surface area contributed by atoms with E-state index in [0.29, 0.717) is 0 Å². The molecule has 84 valence electrons. The van der Waals surface area contributed by atoms with Gasteiger partial charge >= 0.3 is 0 Å². The number of halogens is 3. The van der Waals surface area contributed by atoms with Crippen LogP contribution < -0.4 is 10.9 Å². The van der Waals surface area contributed by atoms with E-state index in [1.165, 1.54) is 22.6 Å². The minimum atomic E-state index is -3.99. The summed E-state index contributed by atoms with van der Waals surface area (Å²) >= 11 is 1.50.